The molecule has 3 N–H and O–H groups in total. The van der Waals surface area contributed by atoms with Gasteiger partial charge in [-0.05, 0) is 75.6 Å². The summed E-state index contributed by atoms with van der Waals surface area (Å²) in [6.45, 7) is 0.741. The van der Waals surface area contributed by atoms with Crippen LogP contribution in [0.1, 0.15) is 11.1 Å². The van der Waals surface area contributed by atoms with Crippen LogP contribution < -0.4 is 19.9 Å². The standard InChI is InChI=1S/C21H20BrFN2O4S/c1-28-20-11-15(12-25-17-6-8-18(9-7-17)30(24,26)27)10-19(22)21(20)29-13-14-2-4-16(23)5-3-14/h2-11,25H,12-13H2,1H3,(H2,24,26,27). The Morgan fingerprint density at radius 3 is 2.30 bits per heavy atom. The van der Waals surface area contributed by atoms with Crippen LogP contribution in [0.4, 0.5) is 10.1 Å². The molecule has 0 aliphatic rings. The van der Waals surface area contributed by atoms with Crippen molar-refractivity contribution in [3.63, 3.8) is 0 Å². The number of nitrogens with one attached hydrogen (secondary N) is 1. The normalized spacial score (nSPS) is 11.2. The van der Waals surface area contributed by atoms with E-state index in [-0.39, 0.29) is 17.3 Å². The zero-order valence-corrected chi connectivity index (χ0v) is 18.5. The molecular weight excluding hydrogens is 475 g/mol. The Balaban J connectivity index is 1.69. The van der Waals surface area contributed by atoms with E-state index < -0.39 is 10.0 Å². The Morgan fingerprint density at radius 2 is 1.70 bits per heavy atom. The fourth-order valence-corrected chi connectivity index (χ4v) is 3.84. The van der Waals surface area contributed by atoms with Crippen LogP contribution in [0.15, 0.2) is 70.0 Å². The number of ether oxygens (including phenoxy) is 2. The first-order valence-electron chi connectivity index (χ1n) is 8.86. The lowest BCUT2D eigenvalue weighted by Crippen LogP contribution is -2.12. The Labute approximate surface area is 183 Å². The molecular formula is C21H20BrFN2O4S. The number of hydrogen-bond acceptors (Lipinski definition) is 5. The molecule has 0 bridgehead atoms. The van der Waals surface area contributed by atoms with Crippen molar-refractivity contribution in [1.82, 2.24) is 0 Å². The van der Waals surface area contributed by atoms with Crippen molar-refractivity contribution in [2.24, 2.45) is 5.14 Å². The molecule has 30 heavy (non-hydrogen) atoms. The largest absolute Gasteiger partial charge is 0.493 e. The zero-order valence-electron chi connectivity index (χ0n) is 16.1. The summed E-state index contributed by atoms with van der Waals surface area (Å²) in [6, 6.07) is 16.0. The number of hydrogen-bond donors (Lipinski definition) is 2. The summed E-state index contributed by atoms with van der Waals surface area (Å²) < 4.78 is 47.7. The number of nitrogens with two attached hydrogens (primary N) is 1. The summed E-state index contributed by atoms with van der Waals surface area (Å²) in [7, 11) is -2.17. The van der Waals surface area contributed by atoms with Crippen molar-refractivity contribution < 1.29 is 22.3 Å². The van der Waals surface area contributed by atoms with Crippen molar-refractivity contribution in [2.45, 2.75) is 18.0 Å². The van der Waals surface area contributed by atoms with E-state index in [1.54, 1.807) is 31.4 Å². The minimum Gasteiger partial charge on any atom is -0.493 e. The van der Waals surface area contributed by atoms with Crippen LogP contribution in [0.25, 0.3) is 0 Å². The average Bonchev–Trinajstić information content (AvgIpc) is 2.72. The minimum atomic E-state index is -3.72. The molecule has 3 aromatic rings. The summed E-state index contributed by atoms with van der Waals surface area (Å²) in [5.74, 6) is 0.796. The number of methoxy groups -OCH3 is 1. The van der Waals surface area contributed by atoms with Gasteiger partial charge in [-0.3, -0.25) is 0 Å². The van der Waals surface area contributed by atoms with E-state index in [4.69, 9.17) is 14.6 Å². The number of halogens is 2. The van der Waals surface area contributed by atoms with Crippen molar-refractivity contribution in [1.29, 1.82) is 0 Å². The van der Waals surface area contributed by atoms with Crippen molar-refractivity contribution in [3.05, 3.63) is 82.1 Å². The molecule has 158 valence electrons. The van der Waals surface area contributed by atoms with E-state index in [1.807, 2.05) is 12.1 Å². The molecule has 3 aromatic carbocycles. The van der Waals surface area contributed by atoms with Crippen molar-refractivity contribution >= 4 is 31.6 Å². The lowest BCUT2D eigenvalue weighted by Gasteiger charge is -2.15. The first-order chi connectivity index (χ1) is 14.3. The minimum absolute atomic E-state index is 0.0557. The monoisotopic (exact) mass is 494 g/mol. The number of rotatable bonds is 8. The van der Waals surface area contributed by atoms with Gasteiger partial charge in [0.1, 0.15) is 12.4 Å². The summed E-state index contributed by atoms with van der Waals surface area (Å²) in [5, 5.41) is 8.32. The highest BCUT2D eigenvalue weighted by molar-refractivity contribution is 9.10. The lowest BCUT2D eigenvalue weighted by molar-refractivity contribution is 0.282. The van der Waals surface area contributed by atoms with Crippen LogP contribution >= 0.6 is 15.9 Å². The topological polar surface area (TPSA) is 90.6 Å². The molecule has 0 atom stereocenters. The van der Waals surface area contributed by atoms with Crippen LogP contribution in [0, 0.1) is 5.82 Å². The Morgan fingerprint density at radius 1 is 1.03 bits per heavy atom. The maximum absolute atomic E-state index is 13.0. The molecule has 0 fully saturated rings. The van der Waals surface area contributed by atoms with Crippen LogP contribution in [0.2, 0.25) is 0 Å². The quantitative estimate of drug-likeness (QED) is 0.483. The second kappa shape index (κ2) is 9.46. The third kappa shape index (κ3) is 5.71. The van der Waals surface area contributed by atoms with Gasteiger partial charge >= 0.3 is 0 Å². The van der Waals surface area contributed by atoms with Crippen LogP contribution in [0.3, 0.4) is 0 Å². The highest BCUT2D eigenvalue weighted by Gasteiger charge is 2.13. The molecule has 0 radical (unpaired) electrons. The lowest BCUT2D eigenvalue weighted by atomic mass is 10.2. The van der Waals surface area contributed by atoms with Gasteiger partial charge in [0, 0.05) is 12.2 Å². The number of sulfonamides is 1. The Kier molecular flexibility index (Phi) is 6.96. The van der Waals surface area contributed by atoms with Gasteiger partial charge in [0.05, 0.1) is 16.5 Å². The van der Waals surface area contributed by atoms with E-state index >= 15 is 0 Å². The van der Waals surface area contributed by atoms with E-state index in [9.17, 15) is 12.8 Å². The molecule has 0 aliphatic carbocycles. The Bertz CT molecular complexity index is 1120. The van der Waals surface area contributed by atoms with Crippen LogP contribution in [-0.2, 0) is 23.2 Å². The predicted molar refractivity (Wildman–Crippen MR) is 117 cm³/mol. The van der Waals surface area contributed by atoms with Gasteiger partial charge in [0.25, 0.3) is 0 Å². The number of anilines is 1. The van der Waals surface area contributed by atoms with Gasteiger partial charge in [0.2, 0.25) is 10.0 Å². The summed E-state index contributed by atoms with van der Waals surface area (Å²) in [4.78, 5) is 0.0557. The average molecular weight is 495 g/mol. The molecule has 0 aromatic heterocycles. The van der Waals surface area contributed by atoms with Gasteiger partial charge in [-0.25, -0.2) is 17.9 Å². The van der Waals surface area contributed by atoms with Crippen LogP contribution in [0.5, 0.6) is 11.5 Å². The van der Waals surface area contributed by atoms with Crippen molar-refractivity contribution in [3.8, 4) is 11.5 Å². The third-order valence-electron chi connectivity index (χ3n) is 4.27. The number of benzene rings is 3. The maximum atomic E-state index is 13.0. The zero-order chi connectivity index (χ0) is 21.7. The number of primary sulfonamides is 1. The van der Waals surface area contributed by atoms with Crippen molar-refractivity contribution in [2.75, 3.05) is 12.4 Å². The van der Waals surface area contributed by atoms with Gasteiger partial charge < -0.3 is 14.8 Å². The molecule has 0 saturated carbocycles. The van der Waals surface area contributed by atoms with Gasteiger partial charge in [-0.15, -0.1) is 0 Å². The molecule has 0 amide bonds. The second-order valence-corrected chi connectivity index (χ2v) is 8.86. The van der Waals surface area contributed by atoms with Crippen LogP contribution in [-0.4, -0.2) is 15.5 Å². The van der Waals surface area contributed by atoms with Gasteiger partial charge in [0.15, 0.2) is 11.5 Å². The predicted octanol–water partition coefficient (Wildman–Crippen LogP) is 4.44. The fourth-order valence-electron chi connectivity index (χ4n) is 2.72. The summed E-state index contributed by atoms with van der Waals surface area (Å²) >= 11 is 3.51. The first-order valence-corrected chi connectivity index (χ1v) is 11.2. The Hall–Kier alpha value is -2.62. The molecule has 0 heterocycles. The maximum Gasteiger partial charge on any atom is 0.238 e. The van der Waals surface area contributed by atoms with E-state index in [1.165, 1.54) is 24.3 Å². The molecule has 0 saturated heterocycles. The highest BCUT2D eigenvalue weighted by Crippen LogP contribution is 2.37. The third-order valence-corrected chi connectivity index (χ3v) is 5.78. The van der Waals surface area contributed by atoms with Gasteiger partial charge in [-0.1, -0.05) is 12.1 Å². The fraction of sp³-hybridized carbons (Fsp3) is 0.143. The SMILES string of the molecule is COc1cc(CNc2ccc(S(N)(=O)=O)cc2)cc(Br)c1OCc1ccc(F)cc1. The summed E-state index contributed by atoms with van der Waals surface area (Å²) in [5.41, 5.74) is 2.50. The molecule has 9 heteroatoms. The van der Waals surface area contributed by atoms with E-state index in [0.717, 1.165) is 16.8 Å². The molecule has 0 aliphatic heterocycles. The first kappa shape index (κ1) is 22.1. The highest BCUT2D eigenvalue weighted by atomic mass is 79.9. The van der Waals surface area contributed by atoms with E-state index in [2.05, 4.69) is 21.2 Å². The second-order valence-electron chi connectivity index (χ2n) is 6.45. The molecule has 6 nitrogen and oxygen atoms in total. The van der Waals surface area contributed by atoms with E-state index in [0.29, 0.717) is 22.5 Å². The molecule has 3 rings (SSSR count). The summed E-state index contributed by atoms with van der Waals surface area (Å²) in [6.07, 6.45) is 0. The molecule has 0 spiro atoms. The van der Waals surface area contributed by atoms with Gasteiger partial charge in [-0.2, -0.15) is 0 Å². The smallest absolute Gasteiger partial charge is 0.238 e. The molecule has 0 unspecified atom stereocenters.